The Kier molecular flexibility index (Phi) is 3.95. The molecule has 8 heteroatoms. The number of thioether (sulfide) groups is 1. The van der Waals surface area contributed by atoms with E-state index in [0.29, 0.717) is 11.0 Å². The zero-order valence-corrected chi connectivity index (χ0v) is 10.5. The van der Waals surface area contributed by atoms with E-state index < -0.39 is 5.97 Å². The number of aliphatic carboxylic acids is 1. The molecule has 1 amide bonds. The predicted molar refractivity (Wildman–Crippen MR) is 65.5 cm³/mol. The fourth-order valence-electron chi connectivity index (χ4n) is 1.17. The number of nitrogens with zero attached hydrogens (tertiary/aromatic N) is 2. The van der Waals surface area contributed by atoms with Crippen molar-refractivity contribution in [1.29, 1.82) is 0 Å². The Bertz CT molecular complexity index is 431. The molecule has 92 valence electrons. The van der Waals surface area contributed by atoms with Gasteiger partial charge in [0.05, 0.1) is 11.5 Å². The number of anilines is 1. The van der Waals surface area contributed by atoms with Crippen molar-refractivity contribution in [1.82, 2.24) is 10.2 Å². The van der Waals surface area contributed by atoms with E-state index in [1.165, 1.54) is 11.3 Å². The zero-order chi connectivity index (χ0) is 12.3. The second-order valence-corrected chi connectivity index (χ2v) is 5.65. The zero-order valence-electron chi connectivity index (χ0n) is 8.88. The van der Waals surface area contributed by atoms with Crippen LogP contribution in [-0.2, 0) is 9.59 Å². The van der Waals surface area contributed by atoms with Crippen LogP contribution >= 0.6 is 23.1 Å². The summed E-state index contributed by atoms with van der Waals surface area (Å²) in [5, 5.41) is 20.4. The molecule has 0 spiro atoms. The fourth-order valence-corrected chi connectivity index (χ4v) is 2.63. The molecule has 0 atom stereocenters. The van der Waals surface area contributed by atoms with Crippen LogP contribution in [0.1, 0.15) is 23.8 Å². The first-order valence-electron chi connectivity index (χ1n) is 5.08. The first kappa shape index (κ1) is 12.3. The number of hydrogen-bond donors (Lipinski definition) is 2. The van der Waals surface area contributed by atoms with Gasteiger partial charge in [0.1, 0.15) is 5.01 Å². The SMILES string of the molecule is O=C(O)CSCC(=O)Nc1nnc(C2CC2)s1. The Balaban J connectivity index is 1.74. The lowest BCUT2D eigenvalue weighted by Gasteiger charge is -1.98. The monoisotopic (exact) mass is 273 g/mol. The highest BCUT2D eigenvalue weighted by Gasteiger charge is 2.27. The van der Waals surface area contributed by atoms with Crippen molar-refractivity contribution in [2.45, 2.75) is 18.8 Å². The molecule has 17 heavy (non-hydrogen) atoms. The number of carbonyl (C=O) groups excluding carboxylic acids is 1. The van der Waals surface area contributed by atoms with E-state index in [1.54, 1.807) is 0 Å². The van der Waals surface area contributed by atoms with E-state index in [-0.39, 0.29) is 17.4 Å². The van der Waals surface area contributed by atoms with Crippen molar-refractivity contribution in [2.75, 3.05) is 16.8 Å². The van der Waals surface area contributed by atoms with Crippen molar-refractivity contribution < 1.29 is 14.7 Å². The molecular formula is C9H11N3O3S2. The van der Waals surface area contributed by atoms with Gasteiger partial charge < -0.3 is 5.11 Å². The molecule has 1 fully saturated rings. The molecule has 2 N–H and O–H groups in total. The van der Waals surface area contributed by atoms with Gasteiger partial charge in [0, 0.05) is 5.92 Å². The van der Waals surface area contributed by atoms with Crippen molar-refractivity contribution >= 4 is 40.1 Å². The molecule has 0 aromatic carbocycles. The summed E-state index contributed by atoms with van der Waals surface area (Å²) in [6.45, 7) is 0. The number of amides is 1. The van der Waals surface area contributed by atoms with Crippen LogP contribution in [0.15, 0.2) is 0 Å². The van der Waals surface area contributed by atoms with Gasteiger partial charge in [-0.25, -0.2) is 0 Å². The fraction of sp³-hybridized carbons (Fsp3) is 0.556. The third-order valence-corrected chi connectivity index (χ3v) is 3.99. The lowest BCUT2D eigenvalue weighted by atomic mass is 10.5. The highest BCUT2D eigenvalue weighted by Crippen LogP contribution is 2.41. The normalized spacial score (nSPS) is 14.6. The summed E-state index contributed by atoms with van der Waals surface area (Å²) in [6.07, 6.45) is 2.30. The Hall–Kier alpha value is -1.15. The summed E-state index contributed by atoms with van der Waals surface area (Å²) in [5.41, 5.74) is 0. The van der Waals surface area contributed by atoms with Crippen LogP contribution in [-0.4, -0.2) is 38.7 Å². The molecule has 0 aliphatic heterocycles. The van der Waals surface area contributed by atoms with Crippen molar-refractivity contribution in [3.05, 3.63) is 5.01 Å². The van der Waals surface area contributed by atoms with Gasteiger partial charge in [-0.05, 0) is 12.8 Å². The van der Waals surface area contributed by atoms with Crippen LogP contribution in [0.3, 0.4) is 0 Å². The van der Waals surface area contributed by atoms with Crippen LogP contribution in [0.5, 0.6) is 0 Å². The minimum absolute atomic E-state index is 0.0726. The maximum Gasteiger partial charge on any atom is 0.313 e. The standard InChI is InChI=1S/C9H11N3O3S2/c13-6(3-16-4-7(14)15)10-9-12-11-8(17-9)5-1-2-5/h5H,1-4H2,(H,14,15)(H,10,12,13). The summed E-state index contributed by atoms with van der Waals surface area (Å²) >= 11 is 2.45. The highest BCUT2D eigenvalue weighted by molar-refractivity contribution is 8.00. The molecule has 0 unspecified atom stereocenters. The number of carboxylic acid groups (broad SMARTS) is 1. The number of aromatic nitrogens is 2. The van der Waals surface area contributed by atoms with Gasteiger partial charge in [0.25, 0.3) is 0 Å². The van der Waals surface area contributed by atoms with E-state index in [9.17, 15) is 9.59 Å². The number of hydrogen-bond acceptors (Lipinski definition) is 6. The molecule has 0 radical (unpaired) electrons. The van der Waals surface area contributed by atoms with Crippen LogP contribution in [0.25, 0.3) is 0 Å². The van der Waals surface area contributed by atoms with Crippen molar-refractivity contribution in [2.24, 2.45) is 0 Å². The molecule has 6 nitrogen and oxygen atoms in total. The smallest absolute Gasteiger partial charge is 0.313 e. The highest BCUT2D eigenvalue weighted by atomic mass is 32.2. The topological polar surface area (TPSA) is 92.2 Å². The third kappa shape index (κ3) is 3.97. The number of carbonyl (C=O) groups is 2. The third-order valence-electron chi connectivity index (χ3n) is 2.07. The van der Waals surface area contributed by atoms with Crippen molar-refractivity contribution in [3.63, 3.8) is 0 Å². The number of carboxylic acids is 1. The van der Waals surface area contributed by atoms with Gasteiger partial charge in [0.15, 0.2) is 0 Å². The van der Waals surface area contributed by atoms with Gasteiger partial charge >= 0.3 is 5.97 Å². The average molecular weight is 273 g/mol. The summed E-state index contributed by atoms with van der Waals surface area (Å²) in [4.78, 5) is 21.7. The van der Waals surface area contributed by atoms with E-state index in [4.69, 9.17) is 5.11 Å². The van der Waals surface area contributed by atoms with Gasteiger partial charge in [0.2, 0.25) is 11.0 Å². The molecule has 1 aliphatic carbocycles. The van der Waals surface area contributed by atoms with Gasteiger partial charge in [-0.1, -0.05) is 11.3 Å². The van der Waals surface area contributed by atoms with E-state index in [2.05, 4.69) is 15.5 Å². The molecule has 2 rings (SSSR count). The largest absolute Gasteiger partial charge is 0.481 e. The van der Waals surface area contributed by atoms with E-state index in [0.717, 1.165) is 29.6 Å². The molecule has 1 saturated carbocycles. The first-order chi connectivity index (χ1) is 8.15. The molecule has 0 bridgehead atoms. The number of nitrogens with one attached hydrogen (secondary N) is 1. The van der Waals surface area contributed by atoms with E-state index >= 15 is 0 Å². The van der Waals surface area contributed by atoms with Crippen LogP contribution in [0.4, 0.5) is 5.13 Å². The summed E-state index contributed by atoms with van der Waals surface area (Å²) < 4.78 is 0. The quantitative estimate of drug-likeness (QED) is 0.808. The minimum atomic E-state index is -0.922. The molecule has 1 aliphatic rings. The molecule has 1 aromatic heterocycles. The van der Waals surface area contributed by atoms with E-state index in [1.807, 2.05) is 0 Å². The maximum atomic E-state index is 11.4. The second-order valence-electron chi connectivity index (χ2n) is 3.65. The first-order valence-corrected chi connectivity index (χ1v) is 7.05. The Morgan fingerprint density at radius 1 is 1.41 bits per heavy atom. The Labute approximate surface area is 106 Å². The molecule has 1 heterocycles. The molecule has 1 aromatic rings. The molecular weight excluding hydrogens is 262 g/mol. The number of rotatable bonds is 6. The summed E-state index contributed by atoms with van der Waals surface area (Å²) in [6, 6.07) is 0. The van der Waals surface area contributed by atoms with Gasteiger partial charge in [-0.2, -0.15) is 0 Å². The Morgan fingerprint density at radius 2 is 2.18 bits per heavy atom. The second kappa shape index (κ2) is 5.46. The van der Waals surface area contributed by atoms with Crippen molar-refractivity contribution in [3.8, 4) is 0 Å². The average Bonchev–Trinajstić information content (AvgIpc) is 3.00. The van der Waals surface area contributed by atoms with Gasteiger partial charge in [-0.15, -0.1) is 22.0 Å². The summed E-state index contributed by atoms with van der Waals surface area (Å²) in [5.74, 6) is -0.592. The van der Waals surface area contributed by atoms with Gasteiger partial charge in [-0.3, -0.25) is 14.9 Å². The Morgan fingerprint density at radius 3 is 2.82 bits per heavy atom. The lowest BCUT2D eigenvalue weighted by Crippen LogP contribution is -2.15. The minimum Gasteiger partial charge on any atom is -0.481 e. The van der Waals surface area contributed by atoms with Crippen LogP contribution in [0.2, 0.25) is 0 Å². The lowest BCUT2D eigenvalue weighted by molar-refractivity contribution is -0.133. The summed E-state index contributed by atoms with van der Waals surface area (Å²) in [7, 11) is 0. The predicted octanol–water partition coefficient (Wildman–Crippen LogP) is 1.17. The molecule has 0 saturated heterocycles. The van der Waals surface area contributed by atoms with Crippen LogP contribution < -0.4 is 5.32 Å². The maximum absolute atomic E-state index is 11.4. The van der Waals surface area contributed by atoms with Crippen LogP contribution in [0, 0.1) is 0 Å².